The second-order valence-corrected chi connectivity index (χ2v) is 3.83. The number of hydrogen-bond acceptors (Lipinski definition) is 4. The third kappa shape index (κ3) is 2.34. The molecule has 3 N–H and O–H groups in total. The summed E-state index contributed by atoms with van der Waals surface area (Å²) in [7, 11) is 0. The second kappa shape index (κ2) is 4.38. The molecule has 88 valence electrons. The van der Waals surface area contributed by atoms with Crippen LogP contribution in [0.25, 0.3) is 5.69 Å². The fraction of sp³-hybridized carbons (Fsp3) is 0.100. The molecule has 1 amide bonds. The van der Waals surface area contributed by atoms with Crippen LogP contribution in [-0.4, -0.2) is 26.0 Å². The third-order valence-electron chi connectivity index (χ3n) is 2.09. The first-order chi connectivity index (χ1) is 8.08. The number of anilines is 1. The predicted octanol–water partition coefficient (Wildman–Crippen LogP) is 1.59. The van der Waals surface area contributed by atoms with Gasteiger partial charge in [0.05, 0.1) is 6.20 Å². The van der Waals surface area contributed by atoms with E-state index in [0.29, 0.717) is 16.0 Å². The van der Waals surface area contributed by atoms with Crippen LogP contribution in [0.1, 0.15) is 6.92 Å². The van der Waals surface area contributed by atoms with Gasteiger partial charge in [0.15, 0.2) is 0 Å². The van der Waals surface area contributed by atoms with Gasteiger partial charge in [-0.3, -0.25) is 4.79 Å². The van der Waals surface area contributed by atoms with Crippen molar-refractivity contribution in [1.82, 2.24) is 15.0 Å². The fourth-order valence-electron chi connectivity index (χ4n) is 1.40. The van der Waals surface area contributed by atoms with Crippen LogP contribution in [0.5, 0.6) is 5.75 Å². The Bertz CT molecular complexity index is 617. The lowest BCUT2D eigenvalue weighted by Crippen LogP contribution is -2.06. The number of carbonyl (C=O) groups excluding carboxylic acids is 1. The van der Waals surface area contributed by atoms with E-state index in [1.165, 1.54) is 23.9 Å². The molecule has 0 atom stereocenters. The molecule has 0 aliphatic carbocycles. The molecule has 0 saturated carbocycles. The van der Waals surface area contributed by atoms with Gasteiger partial charge in [0, 0.05) is 12.6 Å². The second-order valence-electron chi connectivity index (χ2n) is 3.42. The number of aromatic nitrogens is 3. The Morgan fingerprint density at radius 1 is 1.59 bits per heavy atom. The van der Waals surface area contributed by atoms with Crippen molar-refractivity contribution in [3.05, 3.63) is 29.0 Å². The summed E-state index contributed by atoms with van der Waals surface area (Å²) >= 11 is 5.03. The normalized spacial score (nSPS) is 10.2. The lowest BCUT2D eigenvalue weighted by Gasteiger charge is -2.08. The molecule has 6 nitrogen and oxygen atoms in total. The lowest BCUT2D eigenvalue weighted by atomic mass is 10.2. The summed E-state index contributed by atoms with van der Waals surface area (Å²) < 4.78 is 1.87. The molecule has 0 fully saturated rings. The number of aromatic hydroxyl groups is 1. The largest absolute Gasteiger partial charge is 0.506 e. The molecule has 7 heteroatoms. The van der Waals surface area contributed by atoms with Gasteiger partial charge in [-0.05, 0) is 18.2 Å². The van der Waals surface area contributed by atoms with Gasteiger partial charge in [-0.25, -0.2) is 9.90 Å². The number of hydrogen-bond donors (Lipinski definition) is 3. The fourth-order valence-corrected chi connectivity index (χ4v) is 1.60. The van der Waals surface area contributed by atoms with Crippen LogP contribution in [0, 0.1) is 4.64 Å². The van der Waals surface area contributed by atoms with Crippen LogP contribution in [0.4, 0.5) is 5.69 Å². The molecular weight excluding hydrogens is 240 g/mol. The van der Waals surface area contributed by atoms with Crippen molar-refractivity contribution in [1.29, 1.82) is 0 Å². The van der Waals surface area contributed by atoms with E-state index in [1.807, 2.05) is 0 Å². The summed E-state index contributed by atoms with van der Waals surface area (Å²) in [6.07, 6.45) is 1.46. The average Bonchev–Trinajstić information content (AvgIpc) is 2.67. The van der Waals surface area contributed by atoms with E-state index in [-0.39, 0.29) is 11.7 Å². The number of phenolic OH excluding ortho intramolecular Hbond substituents is 1. The number of aromatic amines is 1. The van der Waals surface area contributed by atoms with Crippen LogP contribution >= 0.6 is 12.2 Å². The lowest BCUT2D eigenvalue weighted by molar-refractivity contribution is -0.114. The number of rotatable bonds is 2. The molecule has 1 aromatic heterocycles. The third-order valence-corrected chi connectivity index (χ3v) is 2.38. The summed E-state index contributed by atoms with van der Waals surface area (Å²) in [5, 5.41) is 18.8. The van der Waals surface area contributed by atoms with Crippen LogP contribution in [0.2, 0.25) is 0 Å². The molecule has 0 radical (unpaired) electrons. The maximum absolute atomic E-state index is 10.9. The highest BCUT2D eigenvalue weighted by Crippen LogP contribution is 2.24. The van der Waals surface area contributed by atoms with Gasteiger partial charge in [-0.15, -0.1) is 0 Å². The van der Waals surface area contributed by atoms with E-state index in [4.69, 9.17) is 12.2 Å². The van der Waals surface area contributed by atoms with E-state index in [9.17, 15) is 9.90 Å². The van der Waals surface area contributed by atoms with E-state index in [1.54, 1.807) is 12.1 Å². The van der Waals surface area contributed by atoms with Gasteiger partial charge in [-0.2, -0.15) is 5.10 Å². The van der Waals surface area contributed by atoms with Crippen molar-refractivity contribution in [2.75, 3.05) is 5.32 Å². The standard InChI is InChI=1S/C10H10N4O2S/c1-6(15)12-7-2-3-9(16)8(4-7)14-10(17)5-11-13-14/h2-5,13,16H,1H3,(H,12,15). The summed E-state index contributed by atoms with van der Waals surface area (Å²) in [5.41, 5.74) is 1.00. The van der Waals surface area contributed by atoms with Gasteiger partial charge < -0.3 is 10.4 Å². The molecule has 17 heavy (non-hydrogen) atoms. The Morgan fingerprint density at radius 2 is 2.35 bits per heavy atom. The van der Waals surface area contributed by atoms with E-state index in [2.05, 4.69) is 15.6 Å². The molecule has 0 saturated heterocycles. The zero-order chi connectivity index (χ0) is 12.4. The molecular formula is C10H10N4O2S. The molecule has 1 aromatic carbocycles. The summed E-state index contributed by atoms with van der Waals surface area (Å²) in [4.78, 5) is 10.9. The number of H-pyrrole nitrogens is 1. The Morgan fingerprint density at radius 3 is 2.94 bits per heavy atom. The molecule has 1 heterocycles. The molecule has 2 aromatic rings. The molecule has 0 aliphatic heterocycles. The van der Waals surface area contributed by atoms with Crippen molar-refractivity contribution < 1.29 is 9.90 Å². The quantitative estimate of drug-likeness (QED) is 0.558. The zero-order valence-electron chi connectivity index (χ0n) is 8.97. The van der Waals surface area contributed by atoms with E-state index in [0.717, 1.165) is 0 Å². The minimum atomic E-state index is -0.185. The molecule has 0 spiro atoms. The Balaban J connectivity index is 2.50. The number of nitrogens with zero attached hydrogens (tertiary/aromatic N) is 2. The number of benzene rings is 1. The molecule has 0 bridgehead atoms. The van der Waals surface area contributed by atoms with Crippen molar-refractivity contribution in [3.8, 4) is 11.4 Å². The Kier molecular flexibility index (Phi) is 2.92. The smallest absolute Gasteiger partial charge is 0.221 e. The Labute approximate surface area is 102 Å². The predicted molar refractivity (Wildman–Crippen MR) is 64.7 cm³/mol. The summed E-state index contributed by atoms with van der Waals surface area (Å²) in [6.45, 7) is 1.41. The minimum absolute atomic E-state index is 0.0412. The summed E-state index contributed by atoms with van der Waals surface area (Å²) in [5.74, 6) is -0.144. The summed E-state index contributed by atoms with van der Waals surface area (Å²) in [6, 6.07) is 4.67. The average molecular weight is 250 g/mol. The monoisotopic (exact) mass is 250 g/mol. The maximum atomic E-state index is 10.9. The zero-order valence-corrected chi connectivity index (χ0v) is 9.78. The van der Waals surface area contributed by atoms with Crippen LogP contribution < -0.4 is 5.32 Å². The van der Waals surface area contributed by atoms with E-state index >= 15 is 0 Å². The SMILES string of the molecule is CC(=O)Nc1ccc(O)c(-n2[nH]ncc2=S)c1. The van der Waals surface area contributed by atoms with Gasteiger partial charge in [-0.1, -0.05) is 12.2 Å². The van der Waals surface area contributed by atoms with Gasteiger partial charge in [0.2, 0.25) is 5.91 Å². The highest BCUT2D eigenvalue weighted by atomic mass is 32.1. The van der Waals surface area contributed by atoms with Crippen LogP contribution in [-0.2, 0) is 4.79 Å². The first-order valence-corrected chi connectivity index (χ1v) is 5.22. The van der Waals surface area contributed by atoms with E-state index < -0.39 is 0 Å². The van der Waals surface area contributed by atoms with Crippen LogP contribution in [0.3, 0.4) is 0 Å². The number of carbonyl (C=O) groups is 1. The van der Waals surface area contributed by atoms with Gasteiger partial charge in [0.25, 0.3) is 0 Å². The molecule has 0 aliphatic rings. The van der Waals surface area contributed by atoms with Crippen LogP contribution in [0.15, 0.2) is 24.4 Å². The number of nitrogens with one attached hydrogen (secondary N) is 2. The van der Waals surface area contributed by atoms with Crippen molar-refractivity contribution in [2.45, 2.75) is 6.92 Å². The first kappa shape index (κ1) is 11.3. The topological polar surface area (TPSA) is 82.9 Å². The van der Waals surface area contributed by atoms with Gasteiger partial charge in [0.1, 0.15) is 16.1 Å². The molecule has 0 unspecified atom stereocenters. The highest BCUT2D eigenvalue weighted by Gasteiger charge is 2.07. The Hall–Kier alpha value is -2.15. The van der Waals surface area contributed by atoms with Crippen molar-refractivity contribution in [2.24, 2.45) is 0 Å². The maximum Gasteiger partial charge on any atom is 0.221 e. The number of amides is 1. The van der Waals surface area contributed by atoms with Gasteiger partial charge >= 0.3 is 0 Å². The molecule has 2 rings (SSSR count). The first-order valence-electron chi connectivity index (χ1n) is 4.81. The van der Waals surface area contributed by atoms with Crippen molar-refractivity contribution >= 4 is 23.8 Å². The number of phenols is 1. The highest BCUT2D eigenvalue weighted by molar-refractivity contribution is 7.71. The van der Waals surface area contributed by atoms with Crippen molar-refractivity contribution in [3.63, 3.8) is 0 Å². The minimum Gasteiger partial charge on any atom is -0.506 e.